The largest absolute Gasteiger partial charge is 0.461 e. The summed E-state index contributed by atoms with van der Waals surface area (Å²) in [7, 11) is 0. The van der Waals surface area contributed by atoms with Gasteiger partial charge in [-0.3, -0.25) is 14.3 Å². The molecule has 0 aliphatic carbocycles. The molecule has 3 aromatic rings. The second-order valence-electron chi connectivity index (χ2n) is 7.74. The number of H-pyrrole nitrogens is 1. The van der Waals surface area contributed by atoms with Gasteiger partial charge < -0.3 is 9.47 Å². The summed E-state index contributed by atoms with van der Waals surface area (Å²) in [5.74, 6) is -0.940. The van der Waals surface area contributed by atoms with Crippen LogP contribution in [0, 0.1) is 6.92 Å². The molecule has 33 heavy (non-hydrogen) atoms. The van der Waals surface area contributed by atoms with Crippen molar-refractivity contribution in [3.05, 3.63) is 104 Å². The number of esters is 2. The second-order valence-corrected chi connectivity index (χ2v) is 9.40. The van der Waals surface area contributed by atoms with E-state index in [0.29, 0.717) is 23.1 Å². The van der Waals surface area contributed by atoms with Crippen LogP contribution in [0.2, 0.25) is 0 Å². The molecule has 1 aliphatic rings. The first-order valence-corrected chi connectivity index (χ1v) is 11.2. The number of rotatable bonds is 7. The number of aromatic amines is 1. The molecule has 8 nitrogen and oxygen atoms in total. The van der Waals surface area contributed by atoms with Gasteiger partial charge in [0.1, 0.15) is 18.1 Å². The standard InChI is InChI=1S/C24H22N2O6S/c1-16-13-26(23(30)25-20(16)27)24(15-32-22(29)18-10-6-3-7-11-18)12-19(33-24)14-31-21(28)17-8-4-2-5-9-17/h2-11,13,19H,12,14-15H2,1H3,(H,25,27,30)/t19-,24-/m0/s1. The first-order chi connectivity index (χ1) is 15.9. The van der Waals surface area contributed by atoms with Crippen molar-refractivity contribution < 1.29 is 19.1 Å². The lowest BCUT2D eigenvalue weighted by Gasteiger charge is -2.46. The van der Waals surface area contributed by atoms with Crippen molar-refractivity contribution in [2.75, 3.05) is 13.2 Å². The van der Waals surface area contributed by atoms with E-state index in [1.54, 1.807) is 61.5 Å². The summed E-state index contributed by atoms with van der Waals surface area (Å²) in [5.41, 5.74) is 0.162. The average molecular weight is 467 g/mol. The van der Waals surface area contributed by atoms with E-state index in [4.69, 9.17) is 9.47 Å². The molecule has 0 radical (unpaired) electrons. The Morgan fingerprint density at radius 1 is 1.00 bits per heavy atom. The van der Waals surface area contributed by atoms with Crippen LogP contribution in [-0.2, 0) is 14.3 Å². The number of hydrogen-bond acceptors (Lipinski definition) is 7. The number of aryl methyl sites for hydroxylation is 1. The average Bonchev–Trinajstić information content (AvgIpc) is 2.81. The number of ether oxygens (including phenoxy) is 2. The van der Waals surface area contributed by atoms with Gasteiger partial charge in [-0.15, -0.1) is 11.8 Å². The summed E-state index contributed by atoms with van der Waals surface area (Å²) in [5, 5.41) is -0.104. The molecule has 1 aromatic heterocycles. The monoisotopic (exact) mass is 466 g/mol. The molecular formula is C24H22N2O6S. The van der Waals surface area contributed by atoms with Crippen LogP contribution in [0.4, 0.5) is 0 Å². The molecule has 1 saturated heterocycles. The van der Waals surface area contributed by atoms with E-state index in [0.717, 1.165) is 0 Å². The molecule has 2 heterocycles. The molecule has 1 fully saturated rings. The lowest BCUT2D eigenvalue weighted by atomic mass is 10.1. The molecule has 0 spiro atoms. The van der Waals surface area contributed by atoms with Gasteiger partial charge in [0.25, 0.3) is 5.56 Å². The van der Waals surface area contributed by atoms with Gasteiger partial charge in [0.15, 0.2) is 0 Å². The highest BCUT2D eigenvalue weighted by Gasteiger charge is 2.49. The predicted octanol–water partition coefficient (Wildman–Crippen LogP) is 2.72. The Labute approximate surface area is 193 Å². The van der Waals surface area contributed by atoms with Crippen molar-refractivity contribution in [1.82, 2.24) is 9.55 Å². The second kappa shape index (κ2) is 9.50. The number of carbonyl (C=O) groups excluding carboxylic acids is 2. The fourth-order valence-corrected chi connectivity index (χ4v) is 5.09. The number of nitrogens with one attached hydrogen (secondary N) is 1. The summed E-state index contributed by atoms with van der Waals surface area (Å²) >= 11 is 1.36. The van der Waals surface area contributed by atoms with E-state index >= 15 is 0 Å². The Morgan fingerprint density at radius 3 is 2.12 bits per heavy atom. The van der Waals surface area contributed by atoms with E-state index in [-0.39, 0.29) is 18.5 Å². The maximum absolute atomic E-state index is 12.6. The third-order valence-electron chi connectivity index (χ3n) is 5.34. The molecule has 9 heteroatoms. The van der Waals surface area contributed by atoms with Gasteiger partial charge in [-0.25, -0.2) is 14.4 Å². The van der Waals surface area contributed by atoms with Crippen molar-refractivity contribution >= 4 is 23.7 Å². The SMILES string of the molecule is Cc1cn([C@@]2(COC(=O)c3ccccc3)C[C@@H](COC(=O)c3ccccc3)S2)c(=O)[nH]c1=O. The molecule has 2 atom stereocenters. The minimum atomic E-state index is -0.916. The van der Waals surface area contributed by atoms with Crippen LogP contribution in [0.3, 0.4) is 0 Å². The number of nitrogens with zero attached hydrogens (tertiary/aromatic N) is 1. The zero-order chi connectivity index (χ0) is 23.4. The van der Waals surface area contributed by atoms with Crippen LogP contribution in [-0.4, -0.2) is 40.0 Å². The molecule has 0 bridgehead atoms. The molecule has 170 valence electrons. The van der Waals surface area contributed by atoms with Crippen LogP contribution in [0.1, 0.15) is 32.7 Å². The minimum absolute atomic E-state index is 0.0834. The maximum atomic E-state index is 12.6. The van der Waals surface area contributed by atoms with Gasteiger partial charge in [-0.2, -0.15) is 0 Å². The molecule has 0 unspecified atom stereocenters. The molecule has 2 aromatic carbocycles. The number of hydrogen-bond donors (Lipinski definition) is 1. The van der Waals surface area contributed by atoms with Crippen molar-refractivity contribution in [3.63, 3.8) is 0 Å². The van der Waals surface area contributed by atoms with Crippen LogP contribution in [0.5, 0.6) is 0 Å². The fourth-order valence-electron chi connectivity index (χ4n) is 3.60. The van der Waals surface area contributed by atoms with Crippen LogP contribution < -0.4 is 11.2 Å². The molecule has 0 saturated carbocycles. The Bertz CT molecular complexity index is 1260. The Kier molecular flexibility index (Phi) is 6.50. The Hall–Kier alpha value is -3.59. The van der Waals surface area contributed by atoms with Gasteiger partial charge in [0.2, 0.25) is 0 Å². The summed E-state index contributed by atoms with van der Waals surface area (Å²) in [6.45, 7) is 1.66. The lowest BCUT2D eigenvalue weighted by Crippen LogP contribution is -2.54. The van der Waals surface area contributed by atoms with Crippen molar-refractivity contribution in [2.24, 2.45) is 0 Å². The first kappa shape index (κ1) is 22.6. The van der Waals surface area contributed by atoms with E-state index in [9.17, 15) is 19.2 Å². The van der Waals surface area contributed by atoms with Gasteiger partial charge in [0, 0.05) is 17.0 Å². The Morgan fingerprint density at radius 2 is 1.55 bits per heavy atom. The Balaban J connectivity index is 1.48. The van der Waals surface area contributed by atoms with Crippen LogP contribution in [0.15, 0.2) is 76.4 Å². The first-order valence-electron chi connectivity index (χ1n) is 10.3. The summed E-state index contributed by atoms with van der Waals surface area (Å²) in [6, 6.07) is 17.2. The van der Waals surface area contributed by atoms with E-state index < -0.39 is 28.1 Å². The summed E-state index contributed by atoms with van der Waals surface area (Å²) < 4.78 is 12.3. The van der Waals surface area contributed by atoms with Crippen LogP contribution in [0.25, 0.3) is 0 Å². The highest BCUT2D eigenvalue weighted by atomic mass is 32.2. The van der Waals surface area contributed by atoms with Crippen molar-refractivity contribution in [1.29, 1.82) is 0 Å². The minimum Gasteiger partial charge on any atom is -0.461 e. The van der Waals surface area contributed by atoms with E-state index in [1.165, 1.54) is 22.5 Å². The zero-order valence-electron chi connectivity index (χ0n) is 17.9. The highest BCUT2D eigenvalue weighted by Crippen LogP contribution is 2.50. The van der Waals surface area contributed by atoms with Crippen LogP contribution >= 0.6 is 11.8 Å². The third kappa shape index (κ3) is 4.93. The van der Waals surface area contributed by atoms with Gasteiger partial charge >= 0.3 is 17.6 Å². The maximum Gasteiger partial charge on any atom is 0.338 e. The highest BCUT2D eigenvalue weighted by molar-refractivity contribution is 8.02. The number of thioether (sulfide) groups is 1. The summed E-state index contributed by atoms with van der Waals surface area (Å²) in [6.07, 6.45) is 1.88. The predicted molar refractivity (Wildman–Crippen MR) is 123 cm³/mol. The molecule has 4 rings (SSSR count). The fraction of sp³-hybridized carbons (Fsp3) is 0.250. The van der Waals surface area contributed by atoms with Crippen molar-refractivity contribution in [3.8, 4) is 0 Å². The van der Waals surface area contributed by atoms with Crippen molar-refractivity contribution in [2.45, 2.75) is 23.5 Å². The molecular weight excluding hydrogens is 444 g/mol. The molecule has 0 amide bonds. The molecule has 1 aliphatic heterocycles. The van der Waals surface area contributed by atoms with Gasteiger partial charge in [0.05, 0.1) is 11.1 Å². The smallest absolute Gasteiger partial charge is 0.338 e. The number of aromatic nitrogens is 2. The van der Waals surface area contributed by atoms with E-state index in [2.05, 4.69) is 4.98 Å². The topological polar surface area (TPSA) is 107 Å². The van der Waals surface area contributed by atoms with Gasteiger partial charge in [-0.05, 0) is 37.6 Å². The lowest BCUT2D eigenvalue weighted by molar-refractivity contribution is 0.0354. The number of carbonyl (C=O) groups is 2. The quantitative estimate of drug-likeness (QED) is 0.534. The van der Waals surface area contributed by atoms with E-state index in [1.807, 2.05) is 6.07 Å². The summed E-state index contributed by atoms with van der Waals surface area (Å²) in [4.78, 5) is 50.5. The zero-order valence-corrected chi connectivity index (χ0v) is 18.7. The number of benzene rings is 2. The normalized spacial score (nSPS) is 19.4. The van der Waals surface area contributed by atoms with Gasteiger partial charge in [-0.1, -0.05) is 36.4 Å². The third-order valence-corrected chi connectivity index (χ3v) is 6.90. The molecule has 1 N–H and O–H groups in total.